The molecule has 6 nitrogen and oxygen atoms in total. The summed E-state index contributed by atoms with van der Waals surface area (Å²) in [5.41, 5.74) is 1.60. The van der Waals surface area contributed by atoms with Gasteiger partial charge in [-0.2, -0.15) is 4.48 Å². The molecule has 0 N–H and O–H groups in total. The molecule has 7 heteroatoms. The quantitative estimate of drug-likeness (QED) is 0.476. The molecule has 0 aliphatic carbocycles. The molecule has 4 rings (SSSR count). The molecule has 25 heavy (non-hydrogen) atoms. The van der Waals surface area contributed by atoms with Crippen molar-refractivity contribution in [3.8, 4) is 0 Å². The number of quaternary nitrogens is 1. The van der Waals surface area contributed by atoms with E-state index in [1.165, 1.54) is 0 Å². The Labute approximate surface area is 148 Å². The monoisotopic (exact) mass is 356 g/mol. The molecule has 0 spiro atoms. The Morgan fingerprint density at radius 3 is 2.04 bits per heavy atom. The van der Waals surface area contributed by atoms with Crippen molar-refractivity contribution in [3.05, 3.63) is 71.3 Å². The number of carbonyl (C=O) groups is 3. The summed E-state index contributed by atoms with van der Waals surface area (Å²) in [5.74, 6) is -1.57. The summed E-state index contributed by atoms with van der Waals surface area (Å²) in [6.45, 7) is 0.122. The summed E-state index contributed by atoms with van der Waals surface area (Å²) in [6, 6.07) is 16.1. The highest BCUT2D eigenvalue weighted by Gasteiger charge is 2.63. The van der Waals surface area contributed by atoms with Crippen molar-refractivity contribution in [2.75, 3.05) is 6.54 Å². The Morgan fingerprint density at radius 1 is 0.880 bits per heavy atom. The van der Waals surface area contributed by atoms with Gasteiger partial charge in [0.2, 0.25) is 12.3 Å². The lowest BCUT2D eigenvalue weighted by molar-refractivity contribution is -0.801. The molecule has 2 aliphatic heterocycles. The van der Waals surface area contributed by atoms with Gasteiger partial charge in [0.25, 0.3) is 0 Å². The molecule has 0 radical (unpaired) electrons. The second-order valence-electron chi connectivity index (χ2n) is 5.90. The van der Waals surface area contributed by atoms with Crippen LogP contribution in [0.4, 0.5) is 0 Å². The molecule has 126 valence electrons. The summed E-state index contributed by atoms with van der Waals surface area (Å²) in [6.07, 6.45) is -0.842. The zero-order valence-corrected chi connectivity index (χ0v) is 13.9. The molecule has 2 aromatic rings. The van der Waals surface area contributed by atoms with Gasteiger partial charge in [-0.15, -0.1) is 0 Å². The van der Waals surface area contributed by atoms with Crippen molar-refractivity contribution in [1.82, 2.24) is 0 Å². The van der Waals surface area contributed by atoms with Gasteiger partial charge in [-0.3, -0.25) is 0 Å². The molecule has 1 fully saturated rings. The molecule has 0 bridgehead atoms. The highest BCUT2D eigenvalue weighted by Crippen LogP contribution is 2.38. The lowest BCUT2D eigenvalue weighted by Crippen LogP contribution is -2.62. The number of rotatable bonds is 4. The first-order valence-corrected chi connectivity index (χ1v) is 8.45. The van der Waals surface area contributed by atoms with E-state index in [9.17, 15) is 14.4 Å². The van der Waals surface area contributed by atoms with Gasteiger partial charge in [-0.05, 0) is 17.7 Å². The van der Waals surface area contributed by atoms with Crippen LogP contribution in [-0.4, -0.2) is 35.0 Å². The summed E-state index contributed by atoms with van der Waals surface area (Å²) in [4.78, 5) is 38.4. The second kappa shape index (κ2) is 6.11. The van der Waals surface area contributed by atoms with E-state index in [0.29, 0.717) is 29.9 Å². The minimum atomic E-state index is -1.29. The van der Waals surface area contributed by atoms with Crippen LogP contribution in [0, 0.1) is 0 Å². The third-order valence-electron chi connectivity index (χ3n) is 4.56. The molecule has 0 aromatic heterocycles. The molecule has 1 saturated heterocycles. The maximum atomic E-state index is 13.1. The first kappa shape index (κ1) is 16.0. The molecule has 1 unspecified atom stereocenters. The number of hydrogen-bond acceptors (Lipinski definition) is 6. The number of amides is 2. The third kappa shape index (κ3) is 2.39. The van der Waals surface area contributed by atoms with E-state index in [-0.39, 0.29) is 6.54 Å². The van der Waals surface area contributed by atoms with Crippen molar-refractivity contribution < 1.29 is 27.2 Å². The van der Waals surface area contributed by atoms with Crippen LogP contribution in [0.15, 0.2) is 54.6 Å². The van der Waals surface area contributed by atoms with E-state index in [1.807, 2.05) is 30.3 Å². The van der Waals surface area contributed by atoms with Crippen molar-refractivity contribution in [1.29, 1.82) is 0 Å². The van der Waals surface area contributed by atoms with Crippen molar-refractivity contribution >= 4 is 30.1 Å². The van der Waals surface area contributed by atoms with Crippen molar-refractivity contribution in [3.63, 3.8) is 0 Å². The minimum Gasteiger partial charge on any atom is -0.357 e. The smallest absolute Gasteiger partial charge is 0.357 e. The van der Waals surface area contributed by atoms with E-state index in [4.69, 9.17) is 8.37 Å². The molecule has 1 atom stereocenters. The molecule has 2 aliphatic rings. The Bertz CT molecular complexity index is 832. The van der Waals surface area contributed by atoms with Crippen LogP contribution in [0.25, 0.3) is 0 Å². The minimum absolute atomic E-state index is 0.122. The largest absolute Gasteiger partial charge is 0.411 e. The molecular weight excluding hydrogens is 342 g/mol. The average molecular weight is 356 g/mol. The van der Waals surface area contributed by atoms with Gasteiger partial charge >= 0.3 is 24.0 Å². The fourth-order valence-corrected chi connectivity index (χ4v) is 3.77. The predicted molar refractivity (Wildman–Crippen MR) is 88.9 cm³/mol. The van der Waals surface area contributed by atoms with E-state index in [2.05, 4.69) is 0 Å². The fourth-order valence-electron chi connectivity index (χ4n) is 3.29. The van der Waals surface area contributed by atoms with Crippen LogP contribution < -0.4 is 0 Å². The Hall–Kier alpha value is -2.48. The zero-order chi connectivity index (χ0) is 17.4. The van der Waals surface area contributed by atoms with Gasteiger partial charge in [0.15, 0.2) is 0 Å². The first-order chi connectivity index (χ1) is 12.1. The number of fused-ring (bicyclic) bond motifs is 1. The Kier molecular flexibility index (Phi) is 3.91. The van der Waals surface area contributed by atoms with Crippen LogP contribution in [0.1, 0.15) is 26.3 Å². The number of carbonyl (C=O) groups excluding carboxylic acids is 3. The van der Waals surface area contributed by atoms with Gasteiger partial charge < -0.3 is 4.18 Å². The third-order valence-corrected chi connectivity index (χ3v) is 5.05. The van der Waals surface area contributed by atoms with E-state index in [0.717, 1.165) is 5.56 Å². The lowest BCUT2D eigenvalue weighted by Gasteiger charge is -2.30. The maximum Gasteiger partial charge on any atom is 0.411 e. The van der Waals surface area contributed by atoms with E-state index < -0.39 is 28.5 Å². The predicted octanol–water partition coefficient (Wildman–Crippen LogP) is 2.50. The van der Waals surface area contributed by atoms with Gasteiger partial charge in [-0.1, -0.05) is 42.5 Å². The van der Waals surface area contributed by atoms with Crippen molar-refractivity contribution in [2.45, 2.75) is 12.6 Å². The summed E-state index contributed by atoms with van der Waals surface area (Å²) >= 11 is 0.511. The first-order valence-electron chi connectivity index (χ1n) is 7.79. The second-order valence-corrected chi connectivity index (χ2v) is 6.40. The van der Waals surface area contributed by atoms with Gasteiger partial charge in [0.1, 0.15) is 6.54 Å². The maximum absolute atomic E-state index is 13.1. The van der Waals surface area contributed by atoms with Gasteiger partial charge in [-0.25, -0.2) is 18.6 Å². The topological polar surface area (TPSA) is 69.7 Å². The van der Waals surface area contributed by atoms with Crippen LogP contribution in [0.5, 0.6) is 0 Å². The Morgan fingerprint density at radius 2 is 1.48 bits per heavy atom. The van der Waals surface area contributed by atoms with Crippen LogP contribution in [-0.2, 0) is 19.6 Å². The number of benzene rings is 2. The van der Waals surface area contributed by atoms with Gasteiger partial charge in [0.05, 0.1) is 11.1 Å². The number of nitrogens with zero attached hydrogens (tertiary/aromatic N) is 1. The summed E-state index contributed by atoms with van der Waals surface area (Å²) in [7, 11) is 0. The fraction of sp³-hybridized carbons (Fsp3) is 0.167. The zero-order valence-electron chi connectivity index (χ0n) is 13.1. The highest BCUT2D eigenvalue weighted by atomic mass is 32.2. The summed E-state index contributed by atoms with van der Waals surface area (Å²) < 4.78 is 9.35. The summed E-state index contributed by atoms with van der Waals surface area (Å²) in [5, 5.41) is 0. The van der Waals surface area contributed by atoms with E-state index >= 15 is 0 Å². The van der Waals surface area contributed by atoms with Crippen LogP contribution in [0.2, 0.25) is 0 Å². The van der Waals surface area contributed by atoms with Crippen molar-refractivity contribution in [2.24, 2.45) is 0 Å². The molecule has 2 amide bonds. The molecule has 2 aromatic carbocycles. The number of hydrogen-bond donors (Lipinski definition) is 0. The number of imide groups is 1. The molecule has 2 heterocycles. The highest BCUT2D eigenvalue weighted by molar-refractivity contribution is 7.90. The SMILES string of the molecule is O=C1OSOC1[N+]1(CCc2ccccc2)C(=O)c2ccccc2C1=O. The van der Waals surface area contributed by atoms with E-state index in [1.54, 1.807) is 24.3 Å². The molecule has 0 saturated carbocycles. The Balaban J connectivity index is 1.77. The lowest BCUT2D eigenvalue weighted by atomic mass is 10.1. The standard InChI is InChI=1S/C18H14NO5S/c20-15-13-8-4-5-9-14(13)16(21)19(15,17-18(22)24-25-23-17)11-10-12-6-2-1-3-7-12/h1-9,17H,10-11H2/q+1. The molecular formula is C18H14NO5S+. The normalized spacial score (nSPS) is 21.3. The van der Waals surface area contributed by atoms with Gasteiger partial charge in [0, 0.05) is 6.42 Å². The van der Waals surface area contributed by atoms with Crippen LogP contribution in [0.3, 0.4) is 0 Å². The van der Waals surface area contributed by atoms with Crippen LogP contribution >= 0.6 is 12.3 Å². The average Bonchev–Trinajstić information content (AvgIpc) is 3.17.